The summed E-state index contributed by atoms with van der Waals surface area (Å²) in [5.41, 5.74) is 0.909. The SMILES string of the molecule is O=C(Nc1cnn(CC2=CCCC=C2C(F)(F)F)c1)c1n[nH]c2ccccc12. The van der Waals surface area contributed by atoms with E-state index in [1.165, 1.54) is 23.2 Å². The Kier molecular flexibility index (Phi) is 4.50. The van der Waals surface area contributed by atoms with Gasteiger partial charge in [-0.2, -0.15) is 23.4 Å². The van der Waals surface area contributed by atoms with E-state index in [9.17, 15) is 18.0 Å². The molecule has 3 aromatic rings. The standard InChI is InChI=1S/C19H16F3N5O/c20-19(21,22)15-7-3-1-5-12(15)10-27-11-13(9-23-27)24-18(28)17-14-6-2-4-8-16(14)25-26-17/h2,4-9,11H,1,3,10H2,(H,24,28)(H,25,26). The van der Waals surface area contributed by atoms with Crippen LogP contribution in [0.4, 0.5) is 18.9 Å². The van der Waals surface area contributed by atoms with Crippen LogP contribution in [0.1, 0.15) is 23.3 Å². The molecule has 0 radical (unpaired) electrons. The number of aromatic nitrogens is 4. The molecule has 1 aliphatic carbocycles. The maximum absolute atomic E-state index is 13.2. The number of halogens is 3. The van der Waals surface area contributed by atoms with Crippen LogP contribution in [0, 0.1) is 0 Å². The van der Waals surface area contributed by atoms with Crippen molar-refractivity contribution in [2.45, 2.75) is 25.6 Å². The number of nitrogens with one attached hydrogen (secondary N) is 2. The van der Waals surface area contributed by atoms with Gasteiger partial charge in [0.1, 0.15) is 0 Å². The second-order valence-corrected chi connectivity index (χ2v) is 6.42. The van der Waals surface area contributed by atoms with Gasteiger partial charge in [-0.3, -0.25) is 14.6 Å². The average molecular weight is 387 g/mol. The van der Waals surface area contributed by atoms with Crippen LogP contribution in [-0.2, 0) is 6.54 Å². The van der Waals surface area contributed by atoms with Crippen molar-refractivity contribution in [3.8, 4) is 0 Å². The van der Waals surface area contributed by atoms with E-state index in [1.807, 2.05) is 6.07 Å². The van der Waals surface area contributed by atoms with Gasteiger partial charge in [-0.05, 0) is 24.5 Å². The van der Waals surface area contributed by atoms with Crippen LogP contribution in [0.5, 0.6) is 0 Å². The first-order valence-electron chi connectivity index (χ1n) is 8.65. The molecule has 28 heavy (non-hydrogen) atoms. The van der Waals surface area contributed by atoms with Gasteiger partial charge in [0.2, 0.25) is 0 Å². The minimum Gasteiger partial charge on any atom is -0.318 e. The Labute approximate surface area is 157 Å². The second-order valence-electron chi connectivity index (χ2n) is 6.42. The van der Waals surface area contributed by atoms with Crippen molar-refractivity contribution in [1.82, 2.24) is 20.0 Å². The first-order chi connectivity index (χ1) is 13.4. The highest BCUT2D eigenvalue weighted by Gasteiger charge is 2.36. The zero-order valence-electron chi connectivity index (χ0n) is 14.6. The van der Waals surface area contributed by atoms with Gasteiger partial charge in [0.05, 0.1) is 29.5 Å². The molecule has 2 aromatic heterocycles. The number of rotatable bonds is 4. The molecule has 144 valence electrons. The summed E-state index contributed by atoms with van der Waals surface area (Å²) in [7, 11) is 0. The van der Waals surface area contributed by atoms with E-state index in [0.29, 0.717) is 23.9 Å². The minimum atomic E-state index is -4.39. The van der Waals surface area contributed by atoms with Crippen molar-refractivity contribution in [3.05, 3.63) is 65.7 Å². The molecule has 1 aliphatic rings. The number of carbonyl (C=O) groups is 1. The normalized spacial score (nSPS) is 14.7. The quantitative estimate of drug-likeness (QED) is 0.704. The molecule has 0 aliphatic heterocycles. The molecule has 1 amide bonds. The predicted molar refractivity (Wildman–Crippen MR) is 97.7 cm³/mol. The molecule has 0 bridgehead atoms. The van der Waals surface area contributed by atoms with E-state index in [1.54, 1.807) is 24.3 Å². The maximum Gasteiger partial charge on any atom is 0.416 e. The first-order valence-corrected chi connectivity index (χ1v) is 8.65. The van der Waals surface area contributed by atoms with Gasteiger partial charge in [0.25, 0.3) is 5.91 Å². The molecule has 2 heterocycles. The fourth-order valence-corrected chi connectivity index (χ4v) is 3.19. The van der Waals surface area contributed by atoms with E-state index >= 15 is 0 Å². The number of anilines is 1. The third-order valence-corrected chi connectivity index (χ3v) is 4.47. The Morgan fingerprint density at radius 1 is 1.21 bits per heavy atom. The van der Waals surface area contributed by atoms with E-state index in [2.05, 4.69) is 20.6 Å². The van der Waals surface area contributed by atoms with Crippen molar-refractivity contribution >= 4 is 22.5 Å². The molecule has 0 unspecified atom stereocenters. The van der Waals surface area contributed by atoms with Gasteiger partial charge in [-0.1, -0.05) is 30.4 Å². The summed E-state index contributed by atoms with van der Waals surface area (Å²) >= 11 is 0. The Bertz CT molecular complexity index is 1090. The topological polar surface area (TPSA) is 75.6 Å². The molecule has 4 rings (SSSR count). The number of fused-ring (bicyclic) bond motifs is 1. The molecular weight excluding hydrogens is 371 g/mol. The number of amides is 1. The summed E-state index contributed by atoms with van der Waals surface area (Å²) in [5, 5.41) is 14.2. The minimum absolute atomic E-state index is 0.0213. The highest BCUT2D eigenvalue weighted by molar-refractivity contribution is 6.10. The van der Waals surface area contributed by atoms with Crippen LogP contribution >= 0.6 is 0 Å². The van der Waals surface area contributed by atoms with Crippen LogP contribution < -0.4 is 5.32 Å². The number of carbonyl (C=O) groups excluding carboxylic acids is 1. The lowest BCUT2D eigenvalue weighted by atomic mass is 9.97. The molecule has 1 aromatic carbocycles. The van der Waals surface area contributed by atoms with Crippen LogP contribution in [-0.4, -0.2) is 32.1 Å². The summed E-state index contributed by atoms with van der Waals surface area (Å²) in [4.78, 5) is 12.5. The zero-order chi connectivity index (χ0) is 19.7. The van der Waals surface area contributed by atoms with Gasteiger partial charge in [0.15, 0.2) is 5.69 Å². The number of aromatic amines is 1. The van der Waals surface area contributed by atoms with Crippen molar-refractivity contribution in [1.29, 1.82) is 0 Å². The van der Waals surface area contributed by atoms with Crippen LogP contribution in [0.15, 0.2) is 60.0 Å². The third kappa shape index (κ3) is 3.55. The molecule has 0 fully saturated rings. The number of hydrogen-bond acceptors (Lipinski definition) is 3. The van der Waals surface area contributed by atoms with Gasteiger partial charge in [0, 0.05) is 11.6 Å². The van der Waals surface area contributed by atoms with Crippen molar-refractivity contribution in [2.24, 2.45) is 0 Å². The van der Waals surface area contributed by atoms with Crippen LogP contribution in [0.2, 0.25) is 0 Å². The first kappa shape index (κ1) is 18.0. The largest absolute Gasteiger partial charge is 0.416 e. The predicted octanol–water partition coefficient (Wildman–Crippen LogP) is 4.22. The fraction of sp³-hybridized carbons (Fsp3) is 0.211. The smallest absolute Gasteiger partial charge is 0.318 e. The average Bonchev–Trinajstić information content (AvgIpc) is 3.28. The molecule has 0 saturated carbocycles. The highest BCUT2D eigenvalue weighted by atomic mass is 19.4. The molecule has 9 heteroatoms. The van der Waals surface area contributed by atoms with Gasteiger partial charge >= 0.3 is 6.18 Å². The molecule has 2 N–H and O–H groups in total. The monoisotopic (exact) mass is 387 g/mol. The number of alkyl halides is 3. The number of hydrogen-bond donors (Lipinski definition) is 2. The van der Waals surface area contributed by atoms with E-state index in [-0.39, 0.29) is 17.8 Å². The molecule has 0 spiro atoms. The Morgan fingerprint density at radius 2 is 2.00 bits per heavy atom. The van der Waals surface area contributed by atoms with E-state index < -0.39 is 17.7 Å². The molecular formula is C19H16F3N5O. The molecule has 6 nitrogen and oxygen atoms in total. The van der Waals surface area contributed by atoms with E-state index in [0.717, 1.165) is 5.52 Å². The van der Waals surface area contributed by atoms with Crippen molar-refractivity contribution in [2.75, 3.05) is 5.32 Å². The van der Waals surface area contributed by atoms with Crippen molar-refractivity contribution < 1.29 is 18.0 Å². The van der Waals surface area contributed by atoms with Gasteiger partial charge in [-0.25, -0.2) is 0 Å². The number of allylic oxidation sites excluding steroid dienone is 4. The van der Waals surface area contributed by atoms with Crippen molar-refractivity contribution in [3.63, 3.8) is 0 Å². The molecule has 0 saturated heterocycles. The Morgan fingerprint density at radius 3 is 2.82 bits per heavy atom. The number of para-hydroxylation sites is 1. The third-order valence-electron chi connectivity index (χ3n) is 4.47. The summed E-state index contributed by atoms with van der Waals surface area (Å²) in [6.07, 6.45) is 2.23. The lowest BCUT2D eigenvalue weighted by Crippen LogP contribution is -2.18. The summed E-state index contributed by atoms with van der Waals surface area (Å²) in [6.45, 7) is -0.0213. The van der Waals surface area contributed by atoms with Gasteiger partial charge in [-0.15, -0.1) is 0 Å². The molecule has 0 atom stereocenters. The van der Waals surface area contributed by atoms with Crippen LogP contribution in [0.3, 0.4) is 0 Å². The fourth-order valence-electron chi connectivity index (χ4n) is 3.19. The maximum atomic E-state index is 13.2. The highest BCUT2D eigenvalue weighted by Crippen LogP contribution is 2.35. The lowest BCUT2D eigenvalue weighted by molar-refractivity contribution is -0.0901. The number of nitrogens with zero attached hydrogens (tertiary/aromatic N) is 3. The summed E-state index contributed by atoms with van der Waals surface area (Å²) in [5.74, 6) is -0.426. The summed E-state index contributed by atoms with van der Waals surface area (Å²) < 4.78 is 40.8. The lowest BCUT2D eigenvalue weighted by Gasteiger charge is -2.18. The van der Waals surface area contributed by atoms with Crippen LogP contribution in [0.25, 0.3) is 10.9 Å². The Balaban J connectivity index is 1.48. The summed E-state index contributed by atoms with van der Waals surface area (Å²) in [6, 6.07) is 7.21. The van der Waals surface area contributed by atoms with Gasteiger partial charge < -0.3 is 5.32 Å². The zero-order valence-corrected chi connectivity index (χ0v) is 14.6. The Hall–Kier alpha value is -3.36. The number of H-pyrrole nitrogens is 1. The second kappa shape index (κ2) is 6.99. The number of benzene rings is 1. The van der Waals surface area contributed by atoms with E-state index in [4.69, 9.17) is 0 Å².